The average Bonchev–Trinajstić information content (AvgIpc) is 3.71. The van der Waals surface area contributed by atoms with Crippen molar-refractivity contribution in [1.82, 2.24) is 14.8 Å². The Morgan fingerprint density at radius 3 is 2.51 bits per heavy atom. The van der Waals surface area contributed by atoms with Gasteiger partial charge in [0.15, 0.2) is 0 Å². The number of benzene rings is 1. The summed E-state index contributed by atoms with van der Waals surface area (Å²) in [5.41, 5.74) is 0.114. The first kappa shape index (κ1) is 28.4. The number of amides is 2. The summed E-state index contributed by atoms with van der Waals surface area (Å²) >= 11 is 0. The van der Waals surface area contributed by atoms with Crippen LogP contribution < -0.4 is 4.74 Å². The van der Waals surface area contributed by atoms with E-state index in [0.29, 0.717) is 38.4 Å². The first-order valence-electron chi connectivity index (χ1n) is 13.4. The number of rotatable bonds is 9. The van der Waals surface area contributed by atoms with Crippen LogP contribution in [0.1, 0.15) is 51.5 Å². The zero-order valence-electron chi connectivity index (χ0n) is 23.0. The summed E-state index contributed by atoms with van der Waals surface area (Å²) in [6.45, 7) is 10.9. The minimum absolute atomic E-state index is 0.00516. The van der Waals surface area contributed by atoms with Crippen LogP contribution in [0.4, 0.5) is 14.0 Å². The van der Waals surface area contributed by atoms with E-state index in [-0.39, 0.29) is 31.3 Å². The van der Waals surface area contributed by atoms with Gasteiger partial charge in [-0.05, 0) is 51.7 Å². The van der Waals surface area contributed by atoms with Gasteiger partial charge in [-0.2, -0.15) is 0 Å². The smallest absolute Gasteiger partial charge is 0.410 e. The van der Waals surface area contributed by atoms with Crippen molar-refractivity contribution in [2.45, 2.75) is 57.6 Å². The van der Waals surface area contributed by atoms with Gasteiger partial charge in [-0.25, -0.2) is 19.0 Å². The van der Waals surface area contributed by atoms with Gasteiger partial charge in [-0.15, -0.1) is 0 Å². The molecule has 2 amide bonds. The summed E-state index contributed by atoms with van der Waals surface area (Å²) in [6, 6.07) is 12.9. The number of ether oxygens (including phenoxy) is 3. The first-order chi connectivity index (χ1) is 18.6. The van der Waals surface area contributed by atoms with Crippen LogP contribution >= 0.6 is 0 Å². The first-order valence-corrected chi connectivity index (χ1v) is 13.4. The quantitative estimate of drug-likeness (QED) is 0.375. The topological polar surface area (TPSA) is 81.2 Å². The lowest BCUT2D eigenvalue weighted by Gasteiger charge is -2.44. The molecule has 2 aromatic rings. The number of carbonyl (C=O) groups excluding carboxylic acids is 2. The third kappa shape index (κ3) is 7.71. The van der Waals surface area contributed by atoms with Gasteiger partial charge in [0.25, 0.3) is 0 Å². The molecule has 0 N–H and O–H groups in total. The van der Waals surface area contributed by atoms with Gasteiger partial charge in [0.2, 0.25) is 5.88 Å². The molecule has 1 aliphatic heterocycles. The van der Waals surface area contributed by atoms with Crippen LogP contribution in [0.5, 0.6) is 5.88 Å². The fourth-order valence-electron chi connectivity index (χ4n) is 4.99. The molecule has 0 radical (unpaired) electrons. The van der Waals surface area contributed by atoms with Gasteiger partial charge >= 0.3 is 12.2 Å². The van der Waals surface area contributed by atoms with E-state index in [9.17, 15) is 14.0 Å². The van der Waals surface area contributed by atoms with Gasteiger partial charge in [0, 0.05) is 43.1 Å². The Hall–Kier alpha value is -3.62. The molecule has 4 rings (SSSR count). The SMILES string of the molecule is C=CCOC(=O)N(CC1(COc2ccc(F)cn2)CCN(C(=O)OC(C)(C)C)CC1)C1CC1c1ccccc1. The fourth-order valence-corrected chi connectivity index (χ4v) is 4.99. The average molecular weight is 540 g/mol. The maximum absolute atomic E-state index is 13.4. The molecular weight excluding hydrogens is 501 g/mol. The summed E-state index contributed by atoms with van der Waals surface area (Å²) in [5, 5.41) is 0. The van der Waals surface area contributed by atoms with E-state index >= 15 is 0 Å². The number of likely N-dealkylation sites (tertiary alicyclic amines) is 1. The molecular formula is C30H38FN3O5. The molecule has 0 spiro atoms. The lowest BCUT2D eigenvalue weighted by Crippen LogP contribution is -2.53. The second kappa shape index (κ2) is 12.1. The molecule has 8 nitrogen and oxygen atoms in total. The normalized spacial score (nSPS) is 20.1. The van der Waals surface area contributed by atoms with Crippen LogP contribution in [0.15, 0.2) is 61.3 Å². The fraction of sp³-hybridized carbons (Fsp3) is 0.500. The predicted molar refractivity (Wildman–Crippen MR) is 145 cm³/mol. The molecule has 1 aliphatic carbocycles. The number of piperidine rings is 1. The van der Waals surface area contributed by atoms with E-state index in [4.69, 9.17) is 14.2 Å². The van der Waals surface area contributed by atoms with E-state index < -0.39 is 22.9 Å². The lowest BCUT2D eigenvalue weighted by molar-refractivity contribution is -0.00895. The number of hydrogen-bond acceptors (Lipinski definition) is 6. The molecule has 39 heavy (non-hydrogen) atoms. The van der Waals surface area contributed by atoms with Crippen molar-refractivity contribution in [3.05, 3.63) is 72.7 Å². The van der Waals surface area contributed by atoms with Crippen LogP contribution in [-0.4, -0.2) is 71.5 Å². The Morgan fingerprint density at radius 2 is 1.90 bits per heavy atom. The maximum Gasteiger partial charge on any atom is 0.410 e. The highest BCUT2D eigenvalue weighted by Crippen LogP contribution is 2.47. The standard InChI is InChI=1S/C30H38FN3O5/c1-5-17-37-28(36)34(25-18-24(25)22-9-7-6-8-10-22)20-30(21-38-26-12-11-23(31)19-32-26)13-15-33(16-14-30)27(35)39-29(2,3)4/h5-12,19,24-25H,1,13-18,20-21H2,2-4H3. The molecule has 1 aromatic heterocycles. The highest BCUT2D eigenvalue weighted by molar-refractivity contribution is 5.69. The third-order valence-corrected chi connectivity index (χ3v) is 7.15. The second-order valence-electron chi connectivity index (χ2n) is 11.4. The minimum Gasteiger partial charge on any atom is -0.477 e. The second-order valence-corrected chi connectivity index (χ2v) is 11.4. The highest BCUT2D eigenvalue weighted by atomic mass is 19.1. The molecule has 2 aliphatic rings. The Labute approximate surface area is 229 Å². The Balaban J connectivity index is 1.53. The highest BCUT2D eigenvalue weighted by Gasteiger charge is 2.49. The molecule has 0 bridgehead atoms. The number of pyridine rings is 1. The van der Waals surface area contributed by atoms with E-state index in [1.807, 2.05) is 43.9 Å². The van der Waals surface area contributed by atoms with Gasteiger partial charge in [0.1, 0.15) is 18.0 Å². The summed E-state index contributed by atoms with van der Waals surface area (Å²) in [6.07, 6.45) is 3.92. The molecule has 2 heterocycles. The van der Waals surface area contributed by atoms with Crippen molar-refractivity contribution in [3.8, 4) is 5.88 Å². The van der Waals surface area contributed by atoms with E-state index in [0.717, 1.165) is 12.6 Å². The van der Waals surface area contributed by atoms with Crippen molar-refractivity contribution >= 4 is 12.2 Å². The zero-order valence-corrected chi connectivity index (χ0v) is 23.0. The zero-order chi connectivity index (χ0) is 28.0. The lowest BCUT2D eigenvalue weighted by atomic mass is 9.78. The van der Waals surface area contributed by atoms with Crippen LogP contribution in [-0.2, 0) is 9.47 Å². The molecule has 2 atom stereocenters. The number of carbonyl (C=O) groups is 2. The summed E-state index contributed by atoms with van der Waals surface area (Å²) in [5.74, 6) is 0.0836. The Morgan fingerprint density at radius 1 is 1.18 bits per heavy atom. The monoisotopic (exact) mass is 539 g/mol. The molecule has 2 unspecified atom stereocenters. The van der Waals surface area contributed by atoms with Gasteiger partial charge in [-0.1, -0.05) is 43.0 Å². The van der Waals surface area contributed by atoms with Gasteiger partial charge in [-0.3, -0.25) is 0 Å². The molecule has 1 aromatic carbocycles. The predicted octanol–water partition coefficient (Wildman–Crippen LogP) is 5.80. The summed E-state index contributed by atoms with van der Waals surface area (Å²) < 4.78 is 30.5. The molecule has 1 saturated heterocycles. The summed E-state index contributed by atoms with van der Waals surface area (Å²) in [4.78, 5) is 33.6. The number of aromatic nitrogens is 1. The van der Waals surface area contributed by atoms with E-state index in [2.05, 4.69) is 23.7 Å². The number of nitrogens with zero attached hydrogens (tertiary/aromatic N) is 3. The van der Waals surface area contributed by atoms with Crippen molar-refractivity contribution in [2.75, 3.05) is 32.8 Å². The largest absolute Gasteiger partial charge is 0.477 e. The Bertz CT molecular complexity index is 1130. The van der Waals surface area contributed by atoms with Crippen molar-refractivity contribution < 1.29 is 28.2 Å². The van der Waals surface area contributed by atoms with Gasteiger partial charge in [0.05, 0.1) is 12.8 Å². The van der Waals surface area contributed by atoms with Gasteiger partial charge < -0.3 is 24.0 Å². The van der Waals surface area contributed by atoms with Crippen LogP contribution in [0.2, 0.25) is 0 Å². The van der Waals surface area contributed by atoms with Crippen LogP contribution in [0.3, 0.4) is 0 Å². The number of halogens is 1. The van der Waals surface area contributed by atoms with Crippen LogP contribution in [0.25, 0.3) is 0 Å². The Kier molecular flexibility index (Phi) is 8.77. The van der Waals surface area contributed by atoms with Crippen LogP contribution in [0, 0.1) is 11.2 Å². The molecule has 9 heteroatoms. The minimum atomic E-state index is -0.590. The molecule has 210 valence electrons. The van der Waals surface area contributed by atoms with Crippen molar-refractivity contribution in [3.63, 3.8) is 0 Å². The van der Waals surface area contributed by atoms with Crippen molar-refractivity contribution in [1.29, 1.82) is 0 Å². The van der Waals surface area contributed by atoms with Crippen molar-refractivity contribution in [2.24, 2.45) is 5.41 Å². The molecule has 1 saturated carbocycles. The molecule has 2 fully saturated rings. The maximum atomic E-state index is 13.4. The van der Waals surface area contributed by atoms with E-state index in [1.54, 1.807) is 11.0 Å². The summed E-state index contributed by atoms with van der Waals surface area (Å²) in [7, 11) is 0. The number of hydrogen-bond donors (Lipinski definition) is 0. The third-order valence-electron chi connectivity index (χ3n) is 7.15. The van der Waals surface area contributed by atoms with E-state index in [1.165, 1.54) is 17.7 Å².